The maximum atomic E-state index is 13.9. The first kappa shape index (κ1) is 26.3. The molecule has 9 heteroatoms. The van der Waals surface area contributed by atoms with Crippen LogP contribution < -0.4 is 0 Å². The van der Waals surface area contributed by atoms with E-state index < -0.39 is 41.9 Å². The van der Waals surface area contributed by atoms with E-state index in [0.717, 1.165) is 12.3 Å². The fourth-order valence-corrected chi connectivity index (χ4v) is 3.82. The highest BCUT2D eigenvalue weighted by atomic mass is 19.4. The van der Waals surface area contributed by atoms with Gasteiger partial charge < -0.3 is 14.9 Å². The van der Waals surface area contributed by atoms with Crippen molar-refractivity contribution in [2.45, 2.75) is 45.2 Å². The van der Waals surface area contributed by atoms with E-state index in [9.17, 15) is 27.9 Å². The standard InChI is InChI=1S/C24H28F3NO5/c1-3-15(10-11-29)16-6-4-7-17-13-20(28-22(17)19(12-16)24(25,26)27)21(31)9-5-8-18(14-30)23(32)33-2/h3,6,10-13,17-18,29-30H,4-5,7-9,14H2,1-2H3/b11-10-,15-3+,16-6+,19-12+. The molecule has 0 radical (unpaired) electrons. The summed E-state index contributed by atoms with van der Waals surface area (Å²) in [5, 5.41) is 18.3. The molecule has 1 heterocycles. The van der Waals surface area contributed by atoms with E-state index in [-0.39, 0.29) is 30.7 Å². The Morgan fingerprint density at radius 3 is 2.67 bits per heavy atom. The van der Waals surface area contributed by atoms with Crippen LogP contribution in [0.1, 0.15) is 39.0 Å². The monoisotopic (exact) mass is 467 g/mol. The Bertz CT molecular complexity index is 938. The van der Waals surface area contributed by atoms with Gasteiger partial charge in [0.05, 0.1) is 37.2 Å². The number of esters is 1. The lowest BCUT2D eigenvalue weighted by molar-refractivity contribution is -0.147. The number of halogens is 3. The highest BCUT2D eigenvalue weighted by Gasteiger charge is 2.41. The average molecular weight is 467 g/mol. The van der Waals surface area contributed by atoms with Gasteiger partial charge in [-0.3, -0.25) is 9.59 Å². The van der Waals surface area contributed by atoms with Crippen molar-refractivity contribution in [2.75, 3.05) is 13.7 Å². The van der Waals surface area contributed by atoms with Crippen LogP contribution in [-0.2, 0) is 14.3 Å². The molecule has 0 amide bonds. The molecule has 0 fully saturated rings. The van der Waals surface area contributed by atoms with Gasteiger partial charge in [0.1, 0.15) is 5.70 Å². The molecular weight excluding hydrogens is 439 g/mol. The first-order chi connectivity index (χ1) is 15.7. The van der Waals surface area contributed by atoms with Crippen LogP contribution in [0.5, 0.6) is 0 Å². The molecule has 0 saturated heterocycles. The fraction of sp³-hybridized carbons (Fsp3) is 0.458. The molecule has 2 atom stereocenters. The third kappa shape index (κ3) is 6.77. The molecule has 2 aliphatic rings. The molecule has 2 N–H and O–H groups in total. The number of aliphatic imine (C=N–C) groups is 1. The summed E-state index contributed by atoms with van der Waals surface area (Å²) in [6.45, 7) is 1.24. The molecule has 180 valence electrons. The number of ketones is 1. The van der Waals surface area contributed by atoms with Gasteiger partial charge in [-0.2, -0.15) is 13.2 Å². The SMILES string of the molecule is C/C=C(\C=C/O)C1=C/CCC2C=C(C(=O)CCCC(CO)C(=O)OC)N=C2/C(C(F)(F)F)=C\1. The lowest BCUT2D eigenvalue weighted by Crippen LogP contribution is -2.25. The molecule has 33 heavy (non-hydrogen) atoms. The van der Waals surface area contributed by atoms with Gasteiger partial charge in [0.2, 0.25) is 0 Å². The van der Waals surface area contributed by atoms with Crippen molar-refractivity contribution in [2.24, 2.45) is 16.8 Å². The number of hydrogen-bond donors (Lipinski definition) is 2. The number of allylic oxidation sites excluding steroid dienone is 9. The molecular formula is C24H28F3NO5. The molecule has 0 spiro atoms. The summed E-state index contributed by atoms with van der Waals surface area (Å²) in [7, 11) is 1.20. The molecule has 6 nitrogen and oxygen atoms in total. The molecule has 0 aromatic heterocycles. The highest BCUT2D eigenvalue weighted by molar-refractivity contribution is 6.11. The van der Waals surface area contributed by atoms with Gasteiger partial charge in [-0.15, -0.1) is 0 Å². The van der Waals surface area contributed by atoms with Gasteiger partial charge >= 0.3 is 12.1 Å². The Labute approximate surface area is 190 Å². The fourth-order valence-electron chi connectivity index (χ4n) is 3.82. The molecule has 2 rings (SSSR count). The molecule has 0 saturated carbocycles. The van der Waals surface area contributed by atoms with Gasteiger partial charge in [0.25, 0.3) is 0 Å². The van der Waals surface area contributed by atoms with E-state index in [4.69, 9.17) is 5.11 Å². The van der Waals surface area contributed by atoms with Gasteiger partial charge in [0, 0.05) is 12.3 Å². The van der Waals surface area contributed by atoms with Gasteiger partial charge in [-0.1, -0.05) is 12.2 Å². The van der Waals surface area contributed by atoms with Crippen molar-refractivity contribution in [3.63, 3.8) is 0 Å². The van der Waals surface area contributed by atoms with E-state index in [1.54, 1.807) is 19.1 Å². The number of aliphatic hydroxyl groups is 2. The third-order valence-electron chi connectivity index (χ3n) is 5.57. The molecule has 2 unspecified atom stereocenters. The van der Waals surface area contributed by atoms with Crippen LogP contribution in [0.3, 0.4) is 0 Å². The van der Waals surface area contributed by atoms with Gasteiger partial charge in [-0.05, 0) is 62.0 Å². The highest BCUT2D eigenvalue weighted by Crippen LogP contribution is 2.38. The first-order valence-corrected chi connectivity index (χ1v) is 10.6. The van der Waals surface area contributed by atoms with Crippen molar-refractivity contribution >= 4 is 17.5 Å². The zero-order valence-electron chi connectivity index (χ0n) is 18.6. The van der Waals surface area contributed by atoms with E-state index in [0.29, 0.717) is 24.0 Å². The zero-order valence-corrected chi connectivity index (χ0v) is 18.6. The number of alkyl halides is 3. The second-order valence-corrected chi connectivity index (χ2v) is 7.73. The summed E-state index contributed by atoms with van der Waals surface area (Å²) in [5.41, 5.74) is -0.385. The number of fused-ring (bicyclic) bond motifs is 1. The molecule has 1 aliphatic carbocycles. The van der Waals surface area contributed by atoms with Gasteiger partial charge in [0.15, 0.2) is 5.78 Å². The van der Waals surface area contributed by atoms with Crippen LogP contribution in [-0.4, -0.2) is 47.6 Å². The second-order valence-electron chi connectivity index (χ2n) is 7.73. The van der Waals surface area contributed by atoms with Crippen molar-refractivity contribution in [1.82, 2.24) is 0 Å². The number of methoxy groups -OCH3 is 1. The summed E-state index contributed by atoms with van der Waals surface area (Å²) in [6, 6.07) is 0. The Kier molecular flexibility index (Phi) is 9.40. The maximum absolute atomic E-state index is 13.9. The number of rotatable bonds is 9. The van der Waals surface area contributed by atoms with Crippen LogP contribution in [0, 0.1) is 11.8 Å². The summed E-state index contributed by atoms with van der Waals surface area (Å²) in [4.78, 5) is 28.2. The molecule has 0 aromatic rings. The topological polar surface area (TPSA) is 96.2 Å². The molecule has 0 bridgehead atoms. The summed E-state index contributed by atoms with van der Waals surface area (Å²) in [5.74, 6) is -2.39. The van der Waals surface area contributed by atoms with Crippen LogP contribution in [0.25, 0.3) is 0 Å². The van der Waals surface area contributed by atoms with E-state index in [1.807, 2.05) is 0 Å². The van der Waals surface area contributed by atoms with Crippen molar-refractivity contribution in [1.29, 1.82) is 0 Å². The van der Waals surface area contributed by atoms with Crippen molar-refractivity contribution < 1.29 is 37.7 Å². The normalized spacial score (nSPS) is 23.3. The minimum absolute atomic E-state index is 0.0125. The predicted octanol–water partition coefficient (Wildman–Crippen LogP) is 4.69. The zero-order chi connectivity index (χ0) is 24.6. The largest absolute Gasteiger partial charge is 0.516 e. The number of aliphatic hydroxyl groups excluding tert-OH is 2. The van der Waals surface area contributed by atoms with Crippen LogP contribution in [0.2, 0.25) is 0 Å². The maximum Gasteiger partial charge on any atom is 0.418 e. The molecule has 0 aromatic carbocycles. The smallest absolute Gasteiger partial charge is 0.418 e. The Balaban J connectivity index is 2.26. The number of hydrogen-bond acceptors (Lipinski definition) is 6. The number of nitrogens with zero attached hydrogens (tertiary/aromatic N) is 1. The minimum Gasteiger partial charge on any atom is -0.516 e. The lowest BCUT2D eigenvalue weighted by Gasteiger charge is -2.20. The summed E-state index contributed by atoms with van der Waals surface area (Å²) in [6.07, 6.45) is 4.43. The molecule has 1 aliphatic heterocycles. The number of ether oxygens (including phenoxy) is 1. The average Bonchev–Trinajstić information content (AvgIpc) is 3.17. The quantitative estimate of drug-likeness (QED) is 0.291. The number of carbonyl (C=O) groups is 2. The van der Waals surface area contributed by atoms with Crippen molar-refractivity contribution in [3.05, 3.63) is 59.1 Å². The number of carbonyl (C=O) groups excluding carboxylic acids is 2. The van der Waals surface area contributed by atoms with Crippen molar-refractivity contribution in [3.8, 4) is 0 Å². The summed E-state index contributed by atoms with van der Waals surface area (Å²) >= 11 is 0. The summed E-state index contributed by atoms with van der Waals surface area (Å²) < 4.78 is 46.4. The Hall–Kier alpha value is -2.94. The van der Waals surface area contributed by atoms with Gasteiger partial charge in [-0.25, -0.2) is 4.99 Å². The van der Waals surface area contributed by atoms with E-state index >= 15 is 0 Å². The Morgan fingerprint density at radius 1 is 1.36 bits per heavy atom. The minimum atomic E-state index is -4.68. The van der Waals surface area contributed by atoms with Crippen LogP contribution in [0.15, 0.2) is 64.1 Å². The third-order valence-corrected chi connectivity index (χ3v) is 5.57. The lowest BCUT2D eigenvalue weighted by atomic mass is 9.87. The Morgan fingerprint density at radius 2 is 2.09 bits per heavy atom. The van der Waals surface area contributed by atoms with Crippen LogP contribution >= 0.6 is 0 Å². The van der Waals surface area contributed by atoms with E-state index in [2.05, 4.69) is 9.73 Å². The van der Waals surface area contributed by atoms with E-state index in [1.165, 1.54) is 19.3 Å². The number of Topliss-reactive ketones (excluding diaryl/α,β-unsaturated/α-hetero) is 1. The van der Waals surface area contributed by atoms with Crippen LogP contribution in [0.4, 0.5) is 13.2 Å². The first-order valence-electron chi connectivity index (χ1n) is 10.6. The second kappa shape index (κ2) is 11.8. The predicted molar refractivity (Wildman–Crippen MR) is 117 cm³/mol.